The number of nitrogens with one attached hydrogen (secondary N) is 2. The summed E-state index contributed by atoms with van der Waals surface area (Å²) in [6.07, 6.45) is -0.841. The second-order valence-corrected chi connectivity index (χ2v) is 24.4. The minimum atomic E-state index is -4.54. The third kappa shape index (κ3) is 15.5. The number of carbonyl (C=O) groups excluding carboxylic acids is 2. The molecule has 0 aliphatic carbocycles. The number of unbranched alkanes of at least 4 members (excludes halogenated alkanes) is 1. The van der Waals surface area contributed by atoms with Gasteiger partial charge in [-0.1, -0.05) is 43.9 Å². The van der Waals surface area contributed by atoms with E-state index in [0.29, 0.717) is 6.42 Å². The van der Waals surface area contributed by atoms with Gasteiger partial charge in [0.25, 0.3) is 11.4 Å². The molecule has 0 radical (unpaired) electrons. The summed E-state index contributed by atoms with van der Waals surface area (Å²) in [5.74, 6) is 0. The average Bonchev–Trinajstić information content (AvgIpc) is 3.07. The number of sulfonamides is 2. The van der Waals surface area contributed by atoms with E-state index in [1.807, 2.05) is 0 Å². The maximum absolute atomic E-state index is 14.1. The van der Waals surface area contributed by atoms with Crippen molar-refractivity contribution in [3.63, 3.8) is 0 Å². The number of nitro benzene ring substituents is 2. The van der Waals surface area contributed by atoms with Gasteiger partial charge in [-0.05, 0) is 71.6 Å². The molecule has 0 aliphatic rings. The molecule has 2 amide bonds. The molecule has 0 fully saturated rings. The van der Waals surface area contributed by atoms with Crippen molar-refractivity contribution < 1.29 is 45.7 Å². The Bertz CT molecular complexity index is 1850. The molecule has 308 valence electrons. The number of hydrogen-bond donors (Lipinski definition) is 2. The van der Waals surface area contributed by atoms with Crippen molar-refractivity contribution >= 4 is 51.7 Å². The van der Waals surface area contributed by atoms with Crippen LogP contribution in [0.3, 0.4) is 0 Å². The number of benzene rings is 2. The van der Waals surface area contributed by atoms with Gasteiger partial charge in [0.15, 0.2) is 9.79 Å². The second kappa shape index (κ2) is 20.7. The molecule has 0 heterocycles. The molecular formula is C34H54N6O12S2Si. The largest absolute Gasteiger partial charge is 0.450 e. The molecule has 0 bridgehead atoms. The van der Waals surface area contributed by atoms with Crippen molar-refractivity contribution in [2.45, 2.75) is 100 Å². The molecule has 1 unspecified atom stereocenters. The first kappa shape index (κ1) is 47.0. The van der Waals surface area contributed by atoms with E-state index < -0.39 is 83.0 Å². The van der Waals surface area contributed by atoms with Crippen LogP contribution >= 0.6 is 0 Å². The molecule has 0 aliphatic heterocycles. The standard InChI is InChI=1S/C34H54N6O12S2Si/c1-27(19-24-37(22-14-21-36-33(42)52-34(2,3)4)53(47,48)30-17-10-8-15-28(30)39(43)44)38(54(49,50)31-18-11-9-16-29(31)40(45)46)23-13-12-20-35-32(41)51-25-26-55(5,6)7/h8-11,15-18,27H,12-14,19-26H2,1-7H3,(H,35,41)(H,36,42). The molecule has 55 heavy (non-hydrogen) atoms. The minimum absolute atomic E-state index is 0.00849. The van der Waals surface area contributed by atoms with Crippen LogP contribution in [0, 0.1) is 20.2 Å². The highest BCUT2D eigenvalue weighted by Gasteiger charge is 2.36. The first-order chi connectivity index (χ1) is 25.5. The van der Waals surface area contributed by atoms with Crippen LogP contribution in [0.25, 0.3) is 0 Å². The number of hydrogen-bond acceptors (Lipinski definition) is 12. The first-order valence-corrected chi connectivity index (χ1v) is 24.4. The number of carbonyl (C=O) groups is 2. The summed E-state index contributed by atoms with van der Waals surface area (Å²) in [6, 6.07) is 9.56. The van der Waals surface area contributed by atoms with Gasteiger partial charge in [-0.2, -0.15) is 8.61 Å². The zero-order valence-corrected chi connectivity index (χ0v) is 35.1. The van der Waals surface area contributed by atoms with Crippen molar-refractivity contribution in [3.05, 3.63) is 68.8 Å². The van der Waals surface area contributed by atoms with Crippen LogP contribution in [0.5, 0.6) is 0 Å². The third-order valence-corrected chi connectivity index (χ3v) is 13.7. The van der Waals surface area contributed by atoms with E-state index in [4.69, 9.17) is 9.47 Å². The lowest BCUT2D eigenvalue weighted by Crippen LogP contribution is -2.43. The Labute approximate surface area is 324 Å². The van der Waals surface area contributed by atoms with Gasteiger partial charge in [-0.15, -0.1) is 0 Å². The Hall–Kier alpha value is -4.18. The number of nitrogens with zero attached hydrogens (tertiary/aromatic N) is 4. The Kier molecular flexibility index (Phi) is 17.6. The molecule has 2 aromatic carbocycles. The fourth-order valence-electron chi connectivity index (χ4n) is 5.17. The maximum Gasteiger partial charge on any atom is 0.407 e. The van der Waals surface area contributed by atoms with E-state index in [-0.39, 0.29) is 58.6 Å². The summed E-state index contributed by atoms with van der Waals surface area (Å²) in [5, 5.41) is 28.8. The topological polar surface area (TPSA) is 238 Å². The van der Waals surface area contributed by atoms with E-state index in [1.165, 1.54) is 31.2 Å². The van der Waals surface area contributed by atoms with Crippen LogP contribution in [-0.2, 0) is 29.5 Å². The average molecular weight is 831 g/mol. The molecular weight excluding hydrogens is 777 g/mol. The van der Waals surface area contributed by atoms with Crippen molar-refractivity contribution in [1.82, 2.24) is 19.2 Å². The van der Waals surface area contributed by atoms with Crippen LogP contribution in [0.4, 0.5) is 21.0 Å². The van der Waals surface area contributed by atoms with Gasteiger partial charge in [0.05, 0.1) is 16.5 Å². The zero-order valence-electron chi connectivity index (χ0n) is 32.5. The highest BCUT2D eigenvalue weighted by Crippen LogP contribution is 2.30. The monoisotopic (exact) mass is 830 g/mol. The van der Waals surface area contributed by atoms with E-state index in [0.717, 1.165) is 38.9 Å². The summed E-state index contributed by atoms with van der Waals surface area (Å²) in [5.41, 5.74) is -2.06. The van der Waals surface area contributed by atoms with Crippen LogP contribution in [0.2, 0.25) is 25.7 Å². The van der Waals surface area contributed by atoms with Crippen molar-refractivity contribution in [2.24, 2.45) is 0 Å². The van der Waals surface area contributed by atoms with Gasteiger partial charge in [0, 0.05) is 59.0 Å². The second-order valence-electron chi connectivity index (χ2n) is 15.0. The lowest BCUT2D eigenvalue weighted by atomic mass is 10.2. The molecule has 2 aromatic rings. The number of nitro groups is 2. The van der Waals surface area contributed by atoms with Crippen molar-refractivity contribution in [3.8, 4) is 0 Å². The van der Waals surface area contributed by atoms with Crippen LogP contribution in [-0.4, -0.2) is 107 Å². The van der Waals surface area contributed by atoms with Gasteiger partial charge in [0.1, 0.15) is 5.60 Å². The molecule has 0 spiro atoms. The molecule has 0 aromatic heterocycles. The van der Waals surface area contributed by atoms with Crippen LogP contribution in [0.15, 0.2) is 58.3 Å². The number of para-hydroxylation sites is 2. The molecule has 2 N–H and O–H groups in total. The Morgan fingerprint density at radius 3 is 1.82 bits per heavy atom. The van der Waals surface area contributed by atoms with Crippen molar-refractivity contribution in [1.29, 1.82) is 0 Å². The lowest BCUT2D eigenvalue weighted by Gasteiger charge is -2.30. The predicted molar refractivity (Wildman–Crippen MR) is 209 cm³/mol. The fourth-order valence-corrected chi connectivity index (χ4v) is 9.39. The zero-order chi connectivity index (χ0) is 41.6. The number of ether oxygens (including phenoxy) is 2. The summed E-state index contributed by atoms with van der Waals surface area (Å²) in [6.45, 7) is 12.8. The van der Waals surface area contributed by atoms with E-state index in [9.17, 15) is 46.7 Å². The van der Waals surface area contributed by atoms with E-state index in [1.54, 1.807) is 20.8 Å². The predicted octanol–water partition coefficient (Wildman–Crippen LogP) is 5.72. The van der Waals surface area contributed by atoms with Crippen LogP contribution < -0.4 is 10.6 Å². The number of amides is 2. The normalized spacial score (nSPS) is 13.0. The number of rotatable bonds is 22. The van der Waals surface area contributed by atoms with Gasteiger partial charge < -0.3 is 20.1 Å². The van der Waals surface area contributed by atoms with Gasteiger partial charge in [-0.25, -0.2) is 26.4 Å². The first-order valence-electron chi connectivity index (χ1n) is 17.8. The fraction of sp³-hybridized carbons (Fsp3) is 0.588. The molecule has 0 saturated carbocycles. The molecule has 2 rings (SSSR count). The SMILES string of the molecule is CC(CCN(CCCNC(=O)OC(C)(C)C)S(=O)(=O)c1ccccc1[N+](=O)[O-])N(CCCCNC(=O)OCC[Si](C)(C)C)S(=O)(=O)c1ccccc1[N+](=O)[O-]. The van der Waals surface area contributed by atoms with Gasteiger partial charge in [0.2, 0.25) is 20.0 Å². The molecule has 21 heteroatoms. The number of alkyl carbamates (subject to hydrolysis) is 2. The van der Waals surface area contributed by atoms with E-state index >= 15 is 0 Å². The highest BCUT2D eigenvalue weighted by atomic mass is 32.2. The molecule has 18 nitrogen and oxygen atoms in total. The highest BCUT2D eigenvalue weighted by molar-refractivity contribution is 7.89. The summed E-state index contributed by atoms with van der Waals surface area (Å²) in [4.78, 5) is 45.2. The third-order valence-electron chi connectivity index (χ3n) is 8.03. The molecule has 0 saturated heterocycles. The van der Waals surface area contributed by atoms with E-state index in [2.05, 4.69) is 30.3 Å². The van der Waals surface area contributed by atoms with Gasteiger partial charge >= 0.3 is 12.2 Å². The summed E-state index contributed by atoms with van der Waals surface area (Å²) in [7, 11) is -10.5. The Morgan fingerprint density at radius 2 is 1.29 bits per heavy atom. The minimum Gasteiger partial charge on any atom is -0.450 e. The smallest absolute Gasteiger partial charge is 0.407 e. The van der Waals surface area contributed by atoms with Crippen LogP contribution in [0.1, 0.15) is 53.4 Å². The summed E-state index contributed by atoms with van der Waals surface area (Å²) >= 11 is 0. The van der Waals surface area contributed by atoms with Crippen molar-refractivity contribution in [2.75, 3.05) is 39.3 Å². The van der Waals surface area contributed by atoms with Gasteiger partial charge in [-0.3, -0.25) is 20.2 Å². The Balaban J connectivity index is 2.34. The lowest BCUT2D eigenvalue weighted by molar-refractivity contribution is -0.388. The quantitative estimate of drug-likeness (QED) is 0.0627. The maximum atomic E-state index is 14.1. The molecule has 1 atom stereocenters. The Morgan fingerprint density at radius 1 is 0.782 bits per heavy atom. The summed E-state index contributed by atoms with van der Waals surface area (Å²) < 4.78 is 68.6.